The van der Waals surface area contributed by atoms with E-state index in [0.29, 0.717) is 53.6 Å². The molecule has 0 radical (unpaired) electrons. The Labute approximate surface area is 189 Å². The number of hydrogen-bond donors (Lipinski definition) is 1. The van der Waals surface area contributed by atoms with Crippen molar-refractivity contribution in [2.45, 2.75) is 13.3 Å². The minimum absolute atomic E-state index is 0.345. The van der Waals surface area contributed by atoms with E-state index in [4.69, 9.17) is 19.3 Å². The summed E-state index contributed by atoms with van der Waals surface area (Å²) in [6, 6.07) is 16.8. The van der Waals surface area contributed by atoms with Crippen LogP contribution in [-0.2, 0) is 4.79 Å². The fourth-order valence-corrected chi connectivity index (χ4v) is 3.18. The highest BCUT2D eigenvalue weighted by molar-refractivity contribution is 5.73. The van der Waals surface area contributed by atoms with E-state index in [9.17, 15) is 9.18 Å². The average Bonchev–Trinajstić information content (AvgIpc) is 3.23. The highest BCUT2D eigenvalue weighted by Crippen LogP contribution is 2.25. The van der Waals surface area contributed by atoms with E-state index in [1.807, 2.05) is 31.2 Å². The van der Waals surface area contributed by atoms with Crippen LogP contribution < -0.4 is 14.2 Å². The van der Waals surface area contributed by atoms with Gasteiger partial charge in [-0.2, -0.15) is 0 Å². The molecule has 170 valence electrons. The zero-order valence-electron chi connectivity index (χ0n) is 17.9. The molecule has 0 amide bonds. The lowest BCUT2D eigenvalue weighted by atomic mass is 10.2. The van der Waals surface area contributed by atoms with Gasteiger partial charge in [0.15, 0.2) is 6.61 Å². The summed E-state index contributed by atoms with van der Waals surface area (Å²) in [6.45, 7) is 2.16. The Hall–Kier alpha value is -4.14. The fraction of sp³-hybridized carbons (Fsp3) is 0.208. The number of hydrogen-bond acceptors (Lipinski definition) is 6. The van der Waals surface area contributed by atoms with Crippen LogP contribution in [0.3, 0.4) is 0 Å². The summed E-state index contributed by atoms with van der Waals surface area (Å²) in [5.41, 5.74) is 2.60. The molecule has 0 aliphatic rings. The molecule has 8 nitrogen and oxygen atoms in total. The first-order valence-corrected chi connectivity index (χ1v) is 10.3. The quantitative estimate of drug-likeness (QED) is 0.361. The molecule has 4 aromatic rings. The predicted molar refractivity (Wildman–Crippen MR) is 119 cm³/mol. The van der Waals surface area contributed by atoms with Crippen molar-refractivity contribution in [3.63, 3.8) is 0 Å². The van der Waals surface area contributed by atoms with Crippen molar-refractivity contribution in [3.05, 3.63) is 72.0 Å². The molecule has 0 spiro atoms. The maximum absolute atomic E-state index is 13.9. The smallest absolute Gasteiger partial charge is 0.341 e. The van der Waals surface area contributed by atoms with Gasteiger partial charge in [-0.15, -0.1) is 15.0 Å². The lowest BCUT2D eigenvalue weighted by Crippen LogP contribution is -2.10. The SMILES string of the molecule is Cc1cc(OCCCOc2ccc(F)cc2-n2nc3ccccc3n2)ccc1OCC(=O)O. The summed E-state index contributed by atoms with van der Waals surface area (Å²) in [7, 11) is 0. The number of ether oxygens (including phenoxy) is 3. The average molecular weight is 451 g/mol. The van der Waals surface area contributed by atoms with E-state index in [2.05, 4.69) is 10.2 Å². The molecule has 0 aliphatic carbocycles. The minimum Gasteiger partial charge on any atom is -0.493 e. The van der Waals surface area contributed by atoms with Gasteiger partial charge in [0.2, 0.25) is 0 Å². The summed E-state index contributed by atoms with van der Waals surface area (Å²) in [5, 5.41) is 17.5. The number of halogens is 1. The number of nitrogens with zero attached hydrogens (tertiary/aromatic N) is 3. The molecule has 0 aliphatic heterocycles. The Bertz CT molecular complexity index is 1240. The summed E-state index contributed by atoms with van der Waals surface area (Å²) >= 11 is 0. The second-order valence-corrected chi connectivity index (χ2v) is 7.25. The first kappa shape index (κ1) is 22.1. The molecule has 9 heteroatoms. The third kappa shape index (κ3) is 5.57. The summed E-state index contributed by atoms with van der Waals surface area (Å²) < 4.78 is 30.7. The largest absolute Gasteiger partial charge is 0.493 e. The van der Waals surface area contributed by atoms with Crippen LogP contribution >= 0.6 is 0 Å². The predicted octanol–water partition coefficient (Wildman–Crippen LogP) is 4.18. The van der Waals surface area contributed by atoms with Gasteiger partial charge in [0.05, 0.1) is 13.2 Å². The van der Waals surface area contributed by atoms with Crippen molar-refractivity contribution in [1.82, 2.24) is 15.0 Å². The molecule has 0 saturated heterocycles. The van der Waals surface area contributed by atoms with Crippen LogP contribution in [0.2, 0.25) is 0 Å². The molecule has 1 N–H and O–H groups in total. The minimum atomic E-state index is -1.03. The highest BCUT2D eigenvalue weighted by Gasteiger charge is 2.12. The zero-order chi connectivity index (χ0) is 23.2. The van der Waals surface area contributed by atoms with Crippen molar-refractivity contribution >= 4 is 17.0 Å². The second kappa shape index (κ2) is 9.99. The number of aliphatic carboxylic acids is 1. The Kier molecular flexibility index (Phi) is 6.68. The van der Waals surface area contributed by atoms with Gasteiger partial charge < -0.3 is 19.3 Å². The molecule has 0 unspecified atom stereocenters. The first-order chi connectivity index (χ1) is 16.0. The highest BCUT2D eigenvalue weighted by atomic mass is 19.1. The van der Waals surface area contributed by atoms with Gasteiger partial charge in [-0.3, -0.25) is 0 Å². The van der Waals surface area contributed by atoms with E-state index in [-0.39, 0.29) is 0 Å². The Balaban J connectivity index is 1.33. The number of benzene rings is 3. The third-order valence-corrected chi connectivity index (χ3v) is 4.74. The molecule has 1 heterocycles. The van der Waals surface area contributed by atoms with Gasteiger partial charge in [0, 0.05) is 12.5 Å². The number of carbonyl (C=O) groups is 1. The summed E-state index contributed by atoms with van der Waals surface area (Å²) in [4.78, 5) is 12.0. The fourth-order valence-electron chi connectivity index (χ4n) is 3.18. The summed E-state index contributed by atoms with van der Waals surface area (Å²) in [6.07, 6.45) is 0.585. The molecule has 0 atom stereocenters. The van der Waals surface area contributed by atoms with Crippen molar-refractivity contribution in [1.29, 1.82) is 0 Å². The molecule has 33 heavy (non-hydrogen) atoms. The molecule has 0 saturated carbocycles. The van der Waals surface area contributed by atoms with Crippen molar-refractivity contribution in [2.24, 2.45) is 0 Å². The lowest BCUT2D eigenvalue weighted by molar-refractivity contribution is -0.139. The molecule has 1 aromatic heterocycles. The van der Waals surface area contributed by atoms with Crippen molar-refractivity contribution in [2.75, 3.05) is 19.8 Å². The van der Waals surface area contributed by atoms with Crippen LogP contribution in [0.25, 0.3) is 16.7 Å². The Morgan fingerprint density at radius 2 is 1.64 bits per heavy atom. The number of aryl methyl sites for hydroxylation is 1. The number of aromatic nitrogens is 3. The molecular formula is C24H22FN3O5. The monoisotopic (exact) mass is 451 g/mol. The number of rotatable bonds is 10. The first-order valence-electron chi connectivity index (χ1n) is 10.3. The topological polar surface area (TPSA) is 95.7 Å². The van der Waals surface area contributed by atoms with E-state index in [1.54, 1.807) is 24.3 Å². The van der Waals surface area contributed by atoms with Crippen LogP contribution in [0.1, 0.15) is 12.0 Å². The molecular weight excluding hydrogens is 429 g/mol. The van der Waals surface area contributed by atoms with Gasteiger partial charge in [-0.05, 0) is 55.0 Å². The van der Waals surface area contributed by atoms with Crippen LogP contribution in [0.15, 0.2) is 60.7 Å². The standard InChI is InChI=1S/C24H22FN3O5/c1-16-13-18(8-10-22(16)33-15-24(29)30)31-11-4-12-32-23-9-7-17(25)14-21(23)28-26-19-5-2-3-6-20(19)27-28/h2-3,5-10,13-14H,4,11-12,15H2,1H3,(H,29,30). The van der Waals surface area contributed by atoms with Crippen LogP contribution in [0.4, 0.5) is 4.39 Å². The molecule has 0 bridgehead atoms. The van der Waals surface area contributed by atoms with E-state index >= 15 is 0 Å². The maximum Gasteiger partial charge on any atom is 0.341 e. The number of carboxylic acid groups (broad SMARTS) is 1. The van der Waals surface area contributed by atoms with Crippen molar-refractivity contribution < 1.29 is 28.5 Å². The zero-order valence-corrected chi connectivity index (χ0v) is 17.9. The second-order valence-electron chi connectivity index (χ2n) is 7.25. The van der Waals surface area contributed by atoms with Crippen LogP contribution in [-0.4, -0.2) is 45.9 Å². The number of carboxylic acids is 1. The van der Waals surface area contributed by atoms with Crippen LogP contribution in [0, 0.1) is 12.7 Å². The molecule has 3 aromatic carbocycles. The maximum atomic E-state index is 13.9. The third-order valence-electron chi connectivity index (χ3n) is 4.74. The van der Waals surface area contributed by atoms with Crippen LogP contribution in [0.5, 0.6) is 17.2 Å². The Morgan fingerprint density at radius 3 is 2.33 bits per heavy atom. The normalized spacial score (nSPS) is 10.8. The van der Waals surface area contributed by atoms with Gasteiger partial charge in [-0.1, -0.05) is 12.1 Å². The van der Waals surface area contributed by atoms with Gasteiger partial charge in [0.25, 0.3) is 0 Å². The molecule has 4 rings (SSSR count). The van der Waals surface area contributed by atoms with E-state index < -0.39 is 18.4 Å². The van der Waals surface area contributed by atoms with Gasteiger partial charge in [0.1, 0.15) is 39.8 Å². The Morgan fingerprint density at radius 1 is 0.939 bits per heavy atom. The van der Waals surface area contributed by atoms with Crippen molar-refractivity contribution in [3.8, 4) is 22.9 Å². The summed E-state index contributed by atoms with van der Waals surface area (Å²) in [5.74, 6) is 0.165. The van der Waals surface area contributed by atoms with E-state index in [0.717, 1.165) is 5.56 Å². The van der Waals surface area contributed by atoms with Gasteiger partial charge in [-0.25, -0.2) is 9.18 Å². The van der Waals surface area contributed by atoms with E-state index in [1.165, 1.54) is 16.9 Å². The lowest BCUT2D eigenvalue weighted by Gasteiger charge is -2.12. The van der Waals surface area contributed by atoms with Gasteiger partial charge >= 0.3 is 5.97 Å². The number of fused-ring (bicyclic) bond motifs is 1. The molecule has 0 fully saturated rings.